The van der Waals surface area contributed by atoms with Crippen molar-refractivity contribution in [1.29, 1.82) is 0 Å². The molecule has 2 unspecified atom stereocenters. The normalized spacial score (nSPS) is 18.1. The minimum absolute atomic E-state index is 0.0108. The highest BCUT2D eigenvalue weighted by molar-refractivity contribution is 5.32. The molecule has 10 heteroatoms. The molecule has 1 aliphatic carbocycles. The highest BCUT2D eigenvalue weighted by Gasteiger charge is 2.40. The second kappa shape index (κ2) is 9.60. The fourth-order valence-electron chi connectivity index (χ4n) is 3.82. The maximum absolute atomic E-state index is 13.0. The third-order valence-electron chi connectivity index (χ3n) is 5.56. The Morgan fingerprint density at radius 2 is 1.56 bits per heavy atom. The summed E-state index contributed by atoms with van der Waals surface area (Å²) >= 11 is 0. The van der Waals surface area contributed by atoms with Gasteiger partial charge in [0.1, 0.15) is 11.6 Å². The van der Waals surface area contributed by atoms with E-state index in [4.69, 9.17) is 4.74 Å². The van der Waals surface area contributed by atoms with Crippen LogP contribution in [-0.2, 0) is 25.4 Å². The van der Waals surface area contributed by atoms with E-state index in [9.17, 15) is 26.3 Å². The molecule has 1 saturated carbocycles. The summed E-state index contributed by atoms with van der Waals surface area (Å²) < 4.78 is 81.6. The molecule has 1 aromatic heterocycles. The number of aromatic nitrogens is 3. The first kappa shape index (κ1) is 24.0. The van der Waals surface area contributed by atoms with Crippen molar-refractivity contribution in [3.8, 4) is 6.01 Å². The molecule has 2 atom stereocenters. The molecule has 0 N–H and O–H groups in total. The zero-order valence-corrected chi connectivity index (χ0v) is 17.9. The Morgan fingerprint density at radius 3 is 2.26 bits per heavy atom. The highest BCUT2D eigenvalue weighted by atomic mass is 19.4. The van der Waals surface area contributed by atoms with Gasteiger partial charge in [-0.15, -0.1) is 0 Å². The van der Waals surface area contributed by atoms with Crippen LogP contribution < -0.4 is 4.74 Å². The van der Waals surface area contributed by atoms with Gasteiger partial charge >= 0.3 is 18.4 Å². The molecule has 4 nitrogen and oxygen atoms in total. The molecule has 2 aromatic carbocycles. The third-order valence-corrected chi connectivity index (χ3v) is 5.56. The number of ether oxygens (including phenoxy) is 1. The molecule has 0 spiro atoms. The lowest BCUT2D eigenvalue weighted by atomic mass is 10.0. The molecule has 34 heavy (non-hydrogen) atoms. The summed E-state index contributed by atoms with van der Waals surface area (Å²) in [5, 5.41) is 0. The zero-order chi connectivity index (χ0) is 24.3. The fourth-order valence-corrected chi connectivity index (χ4v) is 3.82. The van der Waals surface area contributed by atoms with Gasteiger partial charge in [-0.2, -0.15) is 36.3 Å². The molecule has 4 rings (SSSR count). The summed E-state index contributed by atoms with van der Waals surface area (Å²) in [6.45, 7) is -1.52. The van der Waals surface area contributed by atoms with E-state index < -0.39 is 30.5 Å². The van der Waals surface area contributed by atoms with Crippen molar-refractivity contribution in [2.24, 2.45) is 5.92 Å². The van der Waals surface area contributed by atoms with E-state index in [0.717, 1.165) is 17.7 Å². The molecule has 0 radical (unpaired) electrons. The van der Waals surface area contributed by atoms with Crippen molar-refractivity contribution in [3.63, 3.8) is 0 Å². The van der Waals surface area contributed by atoms with E-state index in [1.807, 2.05) is 30.3 Å². The second-order valence-electron chi connectivity index (χ2n) is 8.27. The van der Waals surface area contributed by atoms with Gasteiger partial charge in [-0.3, -0.25) is 0 Å². The number of aryl methyl sites for hydroxylation is 2. The van der Waals surface area contributed by atoms with Gasteiger partial charge in [0.15, 0.2) is 6.61 Å². The summed E-state index contributed by atoms with van der Waals surface area (Å²) in [4.78, 5) is 12.5. The fraction of sp³-hybridized carbons (Fsp3) is 0.375. The van der Waals surface area contributed by atoms with Crippen LogP contribution in [0.15, 0.2) is 54.6 Å². The average molecular weight is 481 g/mol. The van der Waals surface area contributed by atoms with Crippen LogP contribution in [0.5, 0.6) is 6.01 Å². The van der Waals surface area contributed by atoms with E-state index in [-0.39, 0.29) is 17.7 Å². The number of hydrogen-bond acceptors (Lipinski definition) is 4. The highest BCUT2D eigenvalue weighted by Crippen LogP contribution is 2.49. The van der Waals surface area contributed by atoms with Gasteiger partial charge in [-0.1, -0.05) is 48.5 Å². The first-order chi connectivity index (χ1) is 16.1. The monoisotopic (exact) mass is 481 g/mol. The number of hydrogen-bond donors (Lipinski definition) is 0. The molecule has 180 valence electrons. The molecule has 0 bridgehead atoms. The lowest BCUT2D eigenvalue weighted by Crippen LogP contribution is -2.21. The van der Waals surface area contributed by atoms with Crippen molar-refractivity contribution >= 4 is 0 Å². The smallest absolute Gasteiger partial charge is 0.422 e. The van der Waals surface area contributed by atoms with E-state index in [1.165, 1.54) is 6.07 Å². The first-order valence-electron chi connectivity index (χ1n) is 10.7. The maximum atomic E-state index is 13.0. The summed E-state index contributed by atoms with van der Waals surface area (Å²) in [6.07, 6.45) is -7.05. The Kier molecular flexibility index (Phi) is 6.77. The van der Waals surface area contributed by atoms with E-state index in [2.05, 4.69) is 15.0 Å². The van der Waals surface area contributed by atoms with Gasteiger partial charge in [-0.25, -0.2) is 4.98 Å². The van der Waals surface area contributed by atoms with Gasteiger partial charge in [0.2, 0.25) is 0 Å². The molecule has 1 fully saturated rings. The molecule has 3 aromatic rings. The van der Waals surface area contributed by atoms with Gasteiger partial charge in [0.25, 0.3) is 0 Å². The number of alkyl halides is 6. The predicted molar refractivity (Wildman–Crippen MR) is 111 cm³/mol. The lowest BCUT2D eigenvalue weighted by molar-refractivity contribution is -0.154. The Hall–Kier alpha value is -3.17. The van der Waals surface area contributed by atoms with E-state index in [1.54, 1.807) is 6.07 Å². The SMILES string of the molecule is FC(F)(F)COc1nc(CCc2ccccc2)nc(CC2CC2c2cccc(C(F)(F)F)c2)n1. The number of benzene rings is 2. The standard InChI is InChI=1S/C24H21F6N3O/c25-23(26,27)14-34-22-32-20(10-9-15-5-2-1-3-6-15)31-21(33-22)13-17-12-19(17)16-7-4-8-18(11-16)24(28,29)30/h1-8,11,17,19H,9-10,12-14H2. The summed E-state index contributed by atoms with van der Waals surface area (Å²) in [5.41, 5.74) is 0.891. The number of halogens is 6. The largest absolute Gasteiger partial charge is 0.454 e. The van der Waals surface area contributed by atoms with Crippen LogP contribution in [0.1, 0.15) is 40.7 Å². The molecular formula is C24H21F6N3O. The van der Waals surface area contributed by atoms with Crippen LogP contribution in [0.3, 0.4) is 0 Å². The van der Waals surface area contributed by atoms with Crippen molar-refractivity contribution < 1.29 is 31.1 Å². The number of nitrogens with zero attached hydrogens (tertiary/aromatic N) is 3. The molecule has 0 saturated heterocycles. The van der Waals surface area contributed by atoms with Crippen LogP contribution in [0.25, 0.3) is 0 Å². The quantitative estimate of drug-likeness (QED) is 0.373. The lowest BCUT2D eigenvalue weighted by Gasteiger charge is -2.11. The van der Waals surface area contributed by atoms with Crippen LogP contribution in [0, 0.1) is 5.92 Å². The van der Waals surface area contributed by atoms with Crippen molar-refractivity contribution in [2.75, 3.05) is 6.61 Å². The van der Waals surface area contributed by atoms with Crippen LogP contribution in [0.4, 0.5) is 26.3 Å². The minimum atomic E-state index is -4.54. The van der Waals surface area contributed by atoms with Gasteiger partial charge < -0.3 is 4.74 Å². The molecule has 1 aliphatic rings. The Morgan fingerprint density at radius 1 is 0.824 bits per heavy atom. The van der Waals surface area contributed by atoms with Crippen molar-refractivity contribution in [1.82, 2.24) is 15.0 Å². The Bertz CT molecular complexity index is 1120. The minimum Gasteiger partial charge on any atom is -0.454 e. The predicted octanol–water partition coefficient (Wildman–Crippen LogP) is 5.96. The first-order valence-corrected chi connectivity index (χ1v) is 10.7. The van der Waals surface area contributed by atoms with Gasteiger partial charge in [0, 0.05) is 12.8 Å². The summed E-state index contributed by atoms with van der Waals surface area (Å²) in [7, 11) is 0. The zero-order valence-electron chi connectivity index (χ0n) is 17.9. The molecule has 0 amide bonds. The third kappa shape index (κ3) is 6.68. The van der Waals surface area contributed by atoms with Crippen LogP contribution in [0.2, 0.25) is 0 Å². The van der Waals surface area contributed by atoms with Crippen molar-refractivity contribution in [2.45, 2.75) is 44.0 Å². The van der Waals surface area contributed by atoms with Gasteiger partial charge in [0.05, 0.1) is 5.56 Å². The van der Waals surface area contributed by atoms with E-state index >= 15 is 0 Å². The van der Waals surface area contributed by atoms with Crippen molar-refractivity contribution in [3.05, 3.63) is 82.9 Å². The van der Waals surface area contributed by atoms with E-state index in [0.29, 0.717) is 37.1 Å². The summed E-state index contributed by atoms with van der Waals surface area (Å²) in [6, 6.07) is 14.3. The number of rotatable bonds is 8. The summed E-state index contributed by atoms with van der Waals surface area (Å²) in [5.74, 6) is 0.478. The van der Waals surface area contributed by atoms with Crippen LogP contribution >= 0.6 is 0 Å². The molecule has 1 heterocycles. The molecule has 0 aliphatic heterocycles. The molecular weight excluding hydrogens is 460 g/mol. The Labute approximate surface area is 192 Å². The van der Waals surface area contributed by atoms with Gasteiger partial charge in [-0.05, 0) is 41.9 Å². The topological polar surface area (TPSA) is 47.9 Å². The maximum Gasteiger partial charge on any atom is 0.422 e. The second-order valence-corrected chi connectivity index (χ2v) is 8.27. The van der Waals surface area contributed by atoms with Crippen LogP contribution in [-0.4, -0.2) is 27.7 Å². The average Bonchev–Trinajstić information content (AvgIpc) is 3.55. The Balaban J connectivity index is 1.48.